The zero-order valence-electron chi connectivity index (χ0n) is 13.4. The van der Waals surface area contributed by atoms with Gasteiger partial charge in [0, 0.05) is 6.04 Å². The third-order valence-corrected chi connectivity index (χ3v) is 4.18. The van der Waals surface area contributed by atoms with Crippen LogP contribution in [-0.4, -0.2) is 6.54 Å². The fourth-order valence-electron chi connectivity index (χ4n) is 2.69. The van der Waals surface area contributed by atoms with Crippen LogP contribution in [0.1, 0.15) is 70.2 Å². The zero-order valence-corrected chi connectivity index (χ0v) is 13.4. The molecule has 108 valence electrons. The lowest BCUT2D eigenvalue weighted by molar-refractivity contribution is 0.408. The maximum Gasteiger partial charge on any atom is 0.0322 e. The minimum Gasteiger partial charge on any atom is -0.310 e. The van der Waals surface area contributed by atoms with Crippen LogP contribution in [0.4, 0.5) is 0 Å². The van der Waals surface area contributed by atoms with Gasteiger partial charge in [-0.15, -0.1) is 0 Å². The predicted octanol–water partition coefficient (Wildman–Crippen LogP) is 4.90. The Labute approximate surface area is 119 Å². The molecule has 0 amide bonds. The van der Waals surface area contributed by atoms with Crippen molar-refractivity contribution in [3.8, 4) is 0 Å². The van der Waals surface area contributed by atoms with E-state index in [1.54, 1.807) is 0 Å². The van der Waals surface area contributed by atoms with Crippen molar-refractivity contribution < 1.29 is 0 Å². The van der Waals surface area contributed by atoms with E-state index in [1.165, 1.54) is 29.5 Å². The summed E-state index contributed by atoms with van der Waals surface area (Å²) in [5.41, 5.74) is 4.49. The van der Waals surface area contributed by atoms with E-state index in [-0.39, 0.29) is 0 Å². The zero-order chi connectivity index (χ0) is 14.3. The summed E-state index contributed by atoms with van der Waals surface area (Å²) in [5, 5.41) is 3.65. The molecule has 0 aliphatic carbocycles. The summed E-state index contributed by atoms with van der Waals surface area (Å²) in [5.74, 6) is 0.778. The second kappa shape index (κ2) is 8.37. The predicted molar refractivity (Wildman–Crippen MR) is 85.7 cm³/mol. The molecule has 1 rings (SSSR count). The van der Waals surface area contributed by atoms with Gasteiger partial charge in [-0.05, 0) is 48.4 Å². The van der Waals surface area contributed by atoms with Gasteiger partial charge < -0.3 is 5.32 Å². The molecule has 1 nitrogen and oxygen atoms in total. The molecular formula is C18H31N. The molecule has 0 fully saturated rings. The summed E-state index contributed by atoms with van der Waals surface area (Å²) in [6, 6.07) is 7.59. The fourth-order valence-corrected chi connectivity index (χ4v) is 2.69. The van der Waals surface area contributed by atoms with Crippen LogP contribution in [0, 0.1) is 5.92 Å². The van der Waals surface area contributed by atoms with E-state index in [0.717, 1.165) is 25.3 Å². The van der Waals surface area contributed by atoms with Crippen LogP contribution in [0.2, 0.25) is 0 Å². The van der Waals surface area contributed by atoms with E-state index in [4.69, 9.17) is 0 Å². The summed E-state index contributed by atoms with van der Waals surface area (Å²) in [7, 11) is 0. The van der Waals surface area contributed by atoms with Gasteiger partial charge in [0.05, 0.1) is 0 Å². The molecule has 0 saturated carbocycles. The Morgan fingerprint density at radius 3 is 2.21 bits per heavy atom. The lowest BCUT2D eigenvalue weighted by atomic mass is 9.91. The molecular weight excluding hydrogens is 230 g/mol. The summed E-state index contributed by atoms with van der Waals surface area (Å²) in [6.45, 7) is 12.4. The molecule has 0 aromatic heterocycles. The average molecular weight is 261 g/mol. The third kappa shape index (κ3) is 4.65. The molecule has 0 aliphatic rings. The number of hydrogen-bond acceptors (Lipinski definition) is 1. The van der Waals surface area contributed by atoms with E-state index in [2.05, 4.69) is 58.1 Å². The van der Waals surface area contributed by atoms with Gasteiger partial charge in [0.25, 0.3) is 0 Å². The smallest absolute Gasteiger partial charge is 0.0322 e. The Hall–Kier alpha value is -0.820. The standard InChI is InChI=1S/C18H31N/c1-6-14(5)12-18(19-9-4)17-11-10-15(7-2)16(8-3)13-17/h10-11,13-14,18-19H,6-9,12H2,1-5H3. The quantitative estimate of drug-likeness (QED) is 0.702. The molecule has 0 aliphatic heterocycles. The Bertz CT molecular complexity index is 370. The van der Waals surface area contributed by atoms with Crippen molar-refractivity contribution in [3.05, 3.63) is 34.9 Å². The molecule has 1 aromatic carbocycles. The summed E-state index contributed by atoms with van der Waals surface area (Å²) in [6.07, 6.45) is 4.77. The van der Waals surface area contributed by atoms with Gasteiger partial charge in [-0.25, -0.2) is 0 Å². The van der Waals surface area contributed by atoms with Crippen molar-refractivity contribution >= 4 is 0 Å². The summed E-state index contributed by atoms with van der Waals surface area (Å²) >= 11 is 0. The van der Waals surface area contributed by atoms with Crippen LogP contribution in [0.15, 0.2) is 18.2 Å². The molecule has 2 atom stereocenters. The highest BCUT2D eigenvalue weighted by molar-refractivity contribution is 5.33. The third-order valence-electron chi connectivity index (χ3n) is 4.18. The first-order chi connectivity index (χ1) is 9.15. The van der Waals surface area contributed by atoms with E-state index in [1.807, 2.05) is 0 Å². The topological polar surface area (TPSA) is 12.0 Å². The van der Waals surface area contributed by atoms with Crippen molar-refractivity contribution in [1.29, 1.82) is 0 Å². The molecule has 2 unspecified atom stereocenters. The minimum absolute atomic E-state index is 0.510. The molecule has 0 bridgehead atoms. The van der Waals surface area contributed by atoms with E-state index >= 15 is 0 Å². The summed E-state index contributed by atoms with van der Waals surface area (Å²) < 4.78 is 0. The van der Waals surface area contributed by atoms with Crippen LogP contribution in [0.5, 0.6) is 0 Å². The van der Waals surface area contributed by atoms with Gasteiger partial charge in [-0.1, -0.05) is 59.2 Å². The highest BCUT2D eigenvalue weighted by Gasteiger charge is 2.14. The van der Waals surface area contributed by atoms with E-state index in [9.17, 15) is 0 Å². The van der Waals surface area contributed by atoms with Crippen molar-refractivity contribution in [2.75, 3.05) is 6.54 Å². The first-order valence-electron chi connectivity index (χ1n) is 8.01. The van der Waals surface area contributed by atoms with Gasteiger partial charge in [-0.3, -0.25) is 0 Å². The minimum atomic E-state index is 0.510. The second-order valence-electron chi connectivity index (χ2n) is 5.59. The lowest BCUT2D eigenvalue weighted by Crippen LogP contribution is -2.23. The Kier molecular flexibility index (Phi) is 7.15. The highest BCUT2D eigenvalue weighted by Crippen LogP contribution is 2.25. The van der Waals surface area contributed by atoms with Gasteiger partial charge in [0.2, 0.25) is 0 Å². The Balaban J connectivity index is 2.95. The largest absolute Gasteiger partial charge is 0.310 e. The van der Waals surface area contributed by atoms with Crippen LogP contribution in [0.3, 0.4) is 0 Å². The van der Waals surface area contributed by atoms with Crippen LogP contribution in [0.25, 0.3) is 0 Å². The average Bonchev–Trinajstić information content (AvgIpc) is 2.45. The van der Waals surface area contributed by atoms with Crippen LogP contribution < -0.4 is 5.32 Å². The number of benzene rings is 1. The van der Waals surface area contributed by atoms with Crippen molar-refractivity contribution in [1.82, 2.24) is 5.32 Å². The van der Waals surface area contributed by atoms with Crippen molar-refractivity contribution in [2.45, 2.75) is 66.3 Å². The van der Waals surface area contributed by atoms with E-state index < -0.39 is 0 Å². The fraction of sp³-hybridized carbons (Fsp3) is 0.667. The molecule has 0 radical (unpaired) electrons. The molecule has 1 heteroatoms. The number of aryl methyl sites for hydroxylation is 2. The molecule has 1 N–H and O–H groups in total. The second-order valence-corrected chi connectivity index (χ2v) is 5.59. The Morgan fingerprint density at radius 1 is 1.00 bits per heavy atom. The monoisotopic (exact) mass is 261 g/mol. The number of nitrogens with one attached hydrogen (secondary N) is 1. The van der Waals surface area contributed by atoms with Crippen molar-refractivity contribution in [3.63, 3.8) is 0 Å². The van der Waals surface area contributed by atoms with Crippen molar-refractivity contribution in [2.24, 2.45) is 5.92 Å². The highest BCUT2D eigenvalue weighted by atomic mass is 14.9. The van der Waals surface area contributed by atoms with Gasteiger partial charge >= 0.3 is 0 Å². The van der Waals surface area contributed by atoms with E-state index in [0.29, 0.717) is 6.04 Å². The Morgan fingerprint density at radius 2 is 1.68 bits per heavy atom. The first-order valence-corrected chi connectivity index (χ1v) is 8.01. The normalized spacial score (nSPS) is 14.4. The first kappa shape index (κ1) is 16.2. The van der Waals surface area contributed by atoms with Crippen LogP contribution >= 0.6 is 0 Å². The molecule has 0 heterocycles. The molecule has 1 aromatic rings. The lowest BCUT2D eigenvalue weighted by Gasteiger charge is -2.23. The number of rotatable bonds is 8. The van der Waals surface area contributed by atoms with Gasteiger partial charge in [-0.2, -0.15) is 0 Å². The molecule has 19 heavy (non-hydrogen) atoms. The maximum atomic E-state index is 3.65. The maximum absolute atomic E-state index is 3.65. The van der Waals surface area contributed by atoms with Gasteiger partial charge in [0.1, 0.15) is 0 Å². The number of hydrogen-bond donors (Lipinski definition) is 1. The molecule has 0 spiro atoms. The van der Waals surface area contributed by atoms with Gasteiger partial charge in [0.15, 0.2) is 0 Å². The summed E-state index contributed by atoms with van der Waals surface area (Å²) in [4.78, 5) is 0. The van der Waals surface area contributed by atoms with Crippen LogP contribution in [-0.2, 0) is 12.8 Å². The SMILES string of the molecule is CCNC(CC(C)CC)c1ccc(CC)c(CC)c1. The molecule has 0 saturated heterocycles.